The van der Waals surface area contributed by atoms with Gasteiger partial charge in [0.05, 0.1) is 0 Å². The van der Waals surface area contributed by atoms with Crippen molar-refractivity contribution in [2.24, 2.45) is 0 Å². The molecule has 0 saturated heterocycles. The van der Waals surface area contributed by atoms with Gasteiger partial charge in [0.25, 0.3) is 5.91 Å². The zero-order valence-electron chi connectivity index (χ0n) is 7.51. The van der Waals surface area contributed by atoms with Crippen LogP contribution in [0.1, 0.15) is 15.9 Å². The fourth-order valence-corrected chi connectivity index (χ4v) is 1.18. The highest BCUT2D eigenvalue weighted by molar-refractivity contribution is 6.18. The minimum Gasteiger partial charge on any atom is -0.351 e. The number of amides is 1. The summed E-state index contributed by atoms with van der Waals surface area (Å²) in [6.07, 6.45) is 0. The first kappa shape index (κ1) is 10.1. The molecule has 0 radical (unpaired) electrons. The number of halogens is 1. The van der Waals surface area contributed by atoms with Crippen LogP contribution in [0.2, 0.25) is 0 Å². The standard InChI is InChI=1S/C10H12ClNO/c1-8-4-2-3-5-9(8)10(13)12-7-6-11/h2-5H,6-7H2,1H3,(H,12,13). The maximum atomic E-state index is 11.5. The predicted octanol–water partition coefficient (Wildman–Crippen LogP) is 1.96. The van der Waals surface area contributed by atoms with E-state index in [0.29, 0.717) is 18.0 Å². The SMILES string of the molecule is Cc1ccccc1C(=O)NCCCl. The van der Waals surface area contributed by atoms with Gasteiger partial charge in [-0.3, -0.25) is 4.79 Å². The quantitative estimate of drug-likeness (QED) is 0.738. The van der Waals surface area contributed by atoms with Gasteiger partial charge in [-0.15, -0.1) is 11.6 Å². The fraction of sp³-hybridized carbons (Fsp3) is 0.300. The van der Waals surface area contributed by atoms with Crippen molar-refractivity contribution in [1.82, 2.24) is 5.32 Å². The molecule has 1 aromatic rings. The van der Waals surface area contributed by atoms with Crippen molar-refractivity contribution in [3.63, 3.8) is 0 Å². The molecule has 13 heavy (non-hydrogen) atoms. The minimum absolute atomic E-state index is 0.0567. The zero-order chi connectivity index (χ0) is 9.68. The summed E-state index contributed by atoms with van der Waals surface area (Å²) >= 11 is 5.46. The number of carbonyl (C=O) groups excluding carboxylic acids is 1. The van der Waals surface area contributed by atoms with Crippen molar-refractivity contribution >= 4 is 17.5 Å². The van der Waals surface area contributed by atoms with E-state index in [1.165, 1.54) is 0 Å². The van der Waals surface area contributed by atoms with Crippen LogP contribution in [0.4, 0.5) is 0 Å². The Morgan fingerprint density at radius 2 is 2.15 bits per heavy atom. The van der Waals surface area contributed by atoms with Gasteiger partial charge < -0.3 is 5.32 Å². The van der Waals surface area contributed by atoms with E-state index in [1.807, 2.05) is 25.1 Å². The molecule has 0 heterocycles. The largest absolute Gasteiger partial charge is 0.351 e. The first-order valence-electron chi connectivity index (χ1n) is 4.15. The van der Waals surface area contributed by atoms with E-state index >= 15 is 0 Å². The topological polar surface area (TPSA) is 29.1 Å². The molecular weight excluding hydrogens is 186 g/mol. The highest BCUT2D eigenvalue weighted by atomic mass is 35.5. The van der Waals surface area contributed by atoms with Gasteiger partial charge >= 0.3 is 0 Å². The molecule has 0 unspecified atom stereocenters. The van der Waals surface area contributed by atoms with Gasteiger partial charge in [0.15, 0.2) is 0 Å². The van der Waals surface area contributed by atoms with E-state index in [4.69, 9.17) is 11.6 Å². The minimum atomic E-state index is -0.0567. The predicted molar refractivity (Wildman–Crippen MR) is 54.2 cm³/mol. The molecule has 0 saturated carbocycles. The lowest BCUT2D eigenvalue weighted by molar-refractivity contribution is 0.0955. The van der Waals surface area contributed by atoms with Crippen molar-refractivity contribution in [3.8, 4) is 0 Å². The molecule has 0 aliphatic carbocycles. The highest BCUT2D eigenvalue weighted by Crippen LogP contribution is 2.05. The van der Waals surface area contributed by atoms with Gasteiger partial charge in [-0.05, 0) is 18.6 Å². The Kier molecular flexibility index (Phi) is 3.77. The number of hydrogen-bond acceptors (Lipinski definition) is 1. The number of rotatable bonds is 3. The second-order valence-electron chi connectivity index (χ2n) is 2.76. The average Bonchev–Trinajstić information content (AvgIpc) is 2.15. The van der Waals surface area contributed by atoms with Gasteiger partial charge in [0, 0.05) is 18.0 Å². The molecule has 0 aromatic heterocycles. The van der Waals surface area contributed by atoms with Gasteiger partial charge in [-0.1, -0.05) is 18.2 Å². The Bertz CT molecular complexity index is 299. The van der Waals surface area contributed by atoms with E-state index in [2.05, 4.69) is 5.32 Å². The molecule has 70 valence electrons. The lowest BCUT2D eigenvalue weighted by Crippen LogP contribution is -2.25. The molecular formula is C10H12ClNO. The highest BCUT2D eigenvalue weighted by Gasteiger charge is 2.05. The van der Waals surface area contributed by atoms with E-state index < -0.39 is 0 Å². The van der Waals surface area contributed by atoms with Crippen LogP contribution in [0.15, 0.2) is 24.3 Å². The lowest BCUT2D eigenvalue weighted by Gasteiger charge is -2.05. The van der Waals surface area contributed by atoms with E-state index in [1.54, 1.807) is 6.07 Å². The Morgan fingerprint density at radius 1 is 1.46 bits per heavy atom. The van der Waals surface area contributed by atoms with Crippen molar-refractivity contribution in [2.45, 2.75) is 6.92 Å². The number of alkyl halides is 1. The van der Waals surface area contributed by atoms with E-state index in [-0.39, 0.29) is 5.91 Å². The van der Waals surface area contributed by atoms with E-state index in [9.17, 15) is 4.79 Å². The molecule has 3 heteroatoms. The van der Waals surface area contributed by atoms with Crippen molar-refractivity contribution in [2.75, 3.05) is 12.4 Å². The summed E-state index contributed by atoms with van der Waals surface area (Å²) in [4.78, 5) is 11.5. The molecule has 0 spiro atoms. The average molecular weight is 198 g/mol. The normalized spacial score (nSPS) is 9.69. The van der Waals surface area contributed by atoms with Crippen LogP contribution in [0, 0.1) is 6.92 Å². The van der Waals surface area contributed by atoms with E-state index in [0.717, 1.165) is 5.56 Å². The van der Waals surface area contributed by atoms with Crippen LogP contribution in [0.5, 0.6) is 0 Å². The number of nitrogens with one attached hydrogen (secondary N) is 1. The molecule has 0 bridgehead atoms. The van der Waals surface area contributed by atoms with Crippen LogP contribution < -0.4 is 5.32 Å². The lowest BCUT2D eigenvalue weighted by atomic mass is 10.1. The number of hydrogen-bond donors (Lipinski definition) is 1. The second kappa shape index (κ2) is 4.87. The second-order valence-corrected chi connectivity index (χ2v) is 3.14. The summed E-state index contributed by atoms with van der Waals surface area (Å²) in [7, 11) is 0. The smallest absolute Gasteiger partial charge is 0.251 e. The van der Waals surface area contributed by atoms with Crippen molar-refractivity contribution < 1.29 is 4.79 Å². The molecule has 0 aliphatic rings. The van der Waals surface area contributed by atoms with Crippen molar-refractivity contribution in [1.29, 1.82) is 0 Å². The summed E-state index contributed by atoms with van der Waals surface area (Å²) in [5.74, 6) is 0.385. The summed E-state index contributed by atoms with van der Waals surface area (Å²) in [6.45, 7) is 2.42. The van der Waals surface area contributed by atoms with Crippen molar-refractivity contribution in [3.05, 3.63) is 35.4 Å². The molecule has 2 nitrogen and oxygen atoms in total. The Balaban J connectivity index is 2.71. The van der Waals surface area contributed by atoms with Crippen LogP contribution in [0.25, 0.3) is 0 Å². The molecule has 1 N–H and O–H groups in total. The van der Waals surface area contributed by atoms with Crippen LogP contribution in [0.3, 0.4) is 0 Å². The summed E-state index contributed by atoms with van der Waals surface area (Å²) < 4.78 is 0. The molecule has 1 amide bonds. The number of carbonyl (C=O) groups is 1. The molecule has 1 rings (SSSR count). The number of aryl methyl sites for hydroxylation is 1. The first-order valence-corrected chi connectivity index (χ1v) is 4.69. The third-order valence-electron chi connectivity index (χ3n) is 1.77. The third kappa shape index (κ3) is 2.74. The Labute approximate surface area is 82.9 Å². The molecule has 0 fully saturated rings. The Morgan fingerprint density at radius 3 is 2.77 bits per heavy atom. The first-order chi connectivity index (χ1) is 6.25. The van der Waals surface area contributed by atoms with Gasteiger partial charge in [0.2, 0.25) is 0 Å². The monoisotopic (exact) mass is 197 g/mol. The molecule has 1 aromatic carbocycles. The summed E-state index contributed by atoms with van der Waals surface area (Å²) in [5, 5.41) is 2.72. The van der Waals surface area contributed by atoms with Gasteiger partial charge in [-0.2, -0.15) is 0 Å². The Hall–Kier alpha value is -1.02. The van der Waals surface area contributed by atoms with Crippen LogP contribution in [-0.2, 0) is 0 Å². The maximum absolute atomic E-state index is 11.5. The van der Waals surface area contributed by atoms with Gasteiger partial charge in [0.1, 0.15) is 0 Å². The maximum Gasteiger partial charge on any atom is 0.251 e. The molecule has 0 atom stereocenters. The van der Waals surface area contributed by atoms with Crippen LogP contribution >= 0.6 is 11.6 Å². The third-order valence-corrected chi connectivity index (χ3v) is 1.96. The fourth-order valence-electron chi connectivity index (χ4n) is 1.08. The molecule has 0 aliphatic heterocycles. The zero-order valence-corrected chi connectivity index (χ0v) is 8.27. The summed E-state index contributed by atoms with van der Waals surface area (Å²) in [6, 6.07) is 7.48. The van der Waals surface area contributed by atoms with Gasteiger partial charge in [-0.25, -0.2) is 0 Å². The van der Waals surface area contributed by atoms with Crippen LogP contribution in [-0.4, -0.2) is 18.3 Å². The summed E-state index contributed by atoms with van der Waals surface area (Å²) in [5.41, 5.74) is 1.70. The number of benzene rings is 1.